The van der Waals surface area contributed by atoms with E-state index < -0.39 is 0 Å². The van der Waals surface area contributed by atoms with Crippen LogP contribution in [0.2, 0.25) is 5.02 Å². The number of hydrogen-bond acceptors (Lipinski definition) is 2. The summed E-state index contributed by atoms with van der Waals surface area (Å²) >= 11 is 6.22. The summed E-state index contributed by atoms with van der Waals surface area (Å²) in [5, 5.41) is 6.61. The molecule has 4 nitrogen and oxygen atoms in total. The van der Waals surface area contributed by atoms with Crippen LogP contribution in [0, 0.1) is 5.92 Å². The Balaban J connectivity index is 1.47. The first-order valence-electron chi connectivity index (χ1n) is 9.49. The lowest BCUT2D eigenvalue weighted by molar-refractivity contribution is -0.122. The topological polar surface area (TPSA) is 58.2 Å². The van der Waals surface area contributed by atoms with Crippen molar-refractivity contribution in [1.29, 1.82) is 0 Å². The largest absolute Gasteiger partial charge is 0.352 e. The fourth-order valence-electron chi connectivity index (χ4n) is 3.18. The number of rotatable bonds is 8. The molecule has 1 aliphatic rings. The summed E-state index contributed by atoms with van der Waals surface area (Å²) in [7, 11) is 0. The maximum Gasteiger partial charge on any atom is 0.251 e. The van der Waals surface area contributed by atoms with Gasteiger partial charge in [-0.2, -0.15) is 0 Å². The molecule has 2 N–H and O–H groups in total. The molecule has 0 heterocycles. The quantitative estimate of drug-likeness (QED) is 0.667. The van der Waals surface area contributed by atoms with Gasteiger partial charge in [0.05, 0.1) is 0 Å². The van der Waals surface area contributed by atoms with Gasteiger partial charge < -0.3 is 10.6 Å². The number of unbranched alkanes of at least 4 members (excludes halogenated alkanes) is 1. The van der Waals surface area contributed by atoms with Gasteiger partial charge in [-0.25, -0.2) is 0 Å². The van der Waals surface area contributed by atoms with Crippen LogP contribution in [0.25, 0.3) is 0 Å². The number of benzene rings is 2. The molecule has 27 heavy (non-hydrogen) atoms. The van der Waals surface area contributed by atoms with Crippen LogP contribution in [-0.2, 0) is 11.3 Å². The summed E-state index contributed by atoms with van der Waals surface area (Å²) in [5.74, 6) is 0.210. The first kappa shape index (κ1) is 19.4. The van der Waals surface area contributed by atoms with Crippen molar-refractivity contribution in [2.45, 2.75) is 38.6 Å². The third-order valence-electron chi connectivity index (χ3n) is 4.93. The maximum absolute atomic E-state index is 12.4. The molecule has 5 heteroatoms. The first-order chi connectivity index (χ1) is 13.1. The number of nitrogens with one attached hydrogen (secondary N) is 2. The molecule has 0 aliphatic heterocycles. The van der Waals surface area contributed by atoms with Crippen LogP contribution in [0.3, 0.4) is 0 Å². The van der Waals surface area contributed by atoms with Gasteiger partial charge in [-0.05, 0) is 48.1 Å². The minimum atomic E-state index is -0.0559. The molecule has 2 unspecified atom stereocenters. The predicted octanol–water partition coefficient (Wildman–Crippen LogP) is 4.29. The van der Waals surface area contributed by atoms with Crippen LogP contribution in [0.4, 0.5) is 0 Å². The second-order valence-electron chi connectivity index (χ2n) is 6.99. The fraction of sp³-hybridized carbons (Fsp3) is 0.364. The average Bonchev–Trinajstić information content (AvgIpc) is 3.48. The molecule has 2 atom stereocenters. The first-order valence-corrected chi connectivity index (χ1v) is 9.87. The fourth-order valence-corrected chi connectivity index (χ4v) is 3.46. The van der Waals surface area contributed by atoms with Gasteiger partial charge in [0.2, 0.25) is 5.91 Å². The van der Waals surface area contributed by atoms with Crippen LogP contribution in [0.15, 0.2) is 48.5 Å². The van der Waals surface area contributed by atoms with Crippen molar-refractivity contribution in [3.8, 4) is 0 Å². The Hall–Kier alpha value is -2.33. The minimum absolute atomic E-state index is 0.00600. The Morgan fingerprint density at radius 2 is 1.81 bits per heavy atom. The van der Waals surface area contributed by atoms with Gasteiger partial charge in [0, 0.05) is 29.6 Å². The Bertz CT molecular complexity index is 804. The van der Waals surface area contributed by atoms with E-state index in [-0.39, 0.29) is 23.7 Å². The maximum atomic E-state index is 12.4. The van der Waals surface area contributed by atoms with E-state index in [2.05, 4.69) is 17.6 Å². The highest BCUT2D eigenvalue weighted by Gasteiger charge is 2.44. The molecule has 142 valence electrons. The Labute approximate surface area is 165 Å². The van der Waals surface area contributed by atoms with Crippen molar-refractivity contribution in [3.05, 3.63) is 70.2 Å². The molecule has 2 amide bonds. The highest BCUT2D eigenvalue weighted by atomic mass is 35.5. The molecule has 3 rings (SSSR count). The van der Waals surface area contributed by atoms with E-state index in [1.54, 1.807) is 12.1 Å². The van der Waals surface area contributed by atoms with Crippen LogP contribution in [0.5, 0.6) is 0 Å². The highest BCUT2D eigenvalue weighted by molar-refractivity contribution is 6.31. The summed E-state index contributed by atoms with van der Waals surface area (Å²) in [4.78, 5) is 24.4. The van der Waals surface area contributed by atoms with Crippen LogP contribution < -0.4 is 10.6 Å². The van der Waals surface area contributed by atoms with Crippen molar-refractivity contribution in [1.82, 2.24) is 10.6 Å². The van der Waals surface area contributed by atoms with E-state index >= 15 is 0 Å². The summed E-state index contributed by atoms with van der Waals surface area (Å²) in [5.41, 5.74) is 2.67. The van der Waals surface area contributed by atoms with Crippen molar-refractivity contribution in [2.75, 3.05) is 6.54 Å². The van der Waals surface area contributed by atoms with Gasteiger partial charge in [-0.1, -0.05) is 55.3 Å². The molecule has 0 bridgehead atoms. The number of amides is 2. The van der Waals surface area contributed by atoms with Crippen LogP contribution >= 0.6 is 11.6 Å². The number of carbonyl (C=O) groups excluding carboxylic acids is 2. The summed E-state index contributed by atoms with van der Waals surface area (Å²) in [6, 6.07) is 15.1. The van der Waals surface area contributed by atoms with Crippen LogP contribution in [0.1, 0.15) is 53.6 Å². The standard InChI is InChI=1S/C22H25ClN2O2/c1-2-3-12-24-21(26)16-10-8-15(9-11-16)14-25-22(27)19-13-18(19)17-6-4-5-7-20(17)23/h4-11,18-19H,2-3,12-14H2,1H3,(H,24,26)(H,25,27). The van der Waals surface area contributed by atoms with Crippen molar-refractivity contribution in [3.63, 3.8) is 0 Å². The van der Waals surface area contributed by atoms with Gasteiger partial charge in [-0.15, -0.1) is 0 Å². The molecule has 2 aromatic rings. The summed E-state index contributed by atoms with van der Waals surface area (Å²) in [6.45, 7) is 3.25. The lowest BCUT2D eigenvalue weighted by Gasteiger charge is -2.08. The monoisotopic (exact) mass is 384 g/mol. The third-order valence-corrected chi connectivity index (χ3v) is 5.27. The normalized spacial score (nSPS) is 18.0. The Morgan fingerprint density at radius 1 is 1.07 bits per heavy atom. The third kappa shape index (κ3) is 5.10. The second kappa shape index (κ2) is 9.05. The molecule has 1 saturated carbocycles. The SMILES string of the molecule is CCCCNC(=O)c1ccc(CNC(=O)C2CC2c2ccccc2Cl)cc1. The van der Waals surface area contributed by atoms with Gasteiger partial charge in [0.25, 0.3) is 5.91 Å². The molecule has 1 aliphatic carbocycles. The van der Waals surface area contributed by atoms with E-state index in [4.69, 9.17) is 11.6 Å². The number of halogens is 1. The van der Waals surface area contributed by atoms with Crippen molar-refractivity contribution in [2.24, 2.45) is 5.92 Å². The molecule has 0 saturated heterocycles. The molecule has 0 radical (unpaired) electrons. The highest BCUT2D eigenvalue weighted by Crippen LogP contribution is 2.49. The predicted molar refractivity (Wildman–Crippen MR) is 108 cm³/mol. The van der Waals surface area contributed by atoms with Crippen LogP contribution in [-0.4, -0.2) is 18.4 Å². The minimum Gasteiger partial charge on any atom is -0.352 e. The smallest absolute Gasteiger partial charge is 0.251 e. The van der Waals surface area contributed by atoms with Crippen molar-refractivity contribution < 1.29 is 9.59 Å². The number of hydrogen-bond donors (Lipinski definition) is 2. The summed E-state index contributed by atoms with van der Waals surface area (Å²) < 4.78 is 0. The van der Waals surface area contributed by atoms with E-state index in [0.717, 1.165) is 35.4 Å². The van der Waals surface area contributed by atoms with Gasteiger partial charge in [0.1, 0.15) is 0 Å². The van der Waals surface area contributed by atoms with Gasteiger partial charge in [-0.3, -0.25) is 9.59 Å². The molecule has 1 fully saturated rings. The molecule has 0 spiro atoms. The van der Waals surface area contributed by atoms with Gasteiger partial charge >= 0.3 is 0 Å². The van der Waals surface area contributed by atoms with E-state index in [1.807, 2.05) is 36.4 Å². The van der Waals surface area contributed by atoms with Gasteiger partial charge in [0.15, 0.2) is 0 Å². The number of carbonyl (C=O) groups is 2. The Kier molecular flexibility index (Phi) is 6.51. The molecular formula is C22H25ClN2O2. The molecule has 2 aromatic carbocycles. The van der Waals surface area contributed by atoms with Crippen molar-refractivity contribution >= 4 is 23.4 Å². The lowest BCUT2D eigenvalue weighted by atomic mass is 10.1. The molecular weight excluding hydrogens is 360 g/mol. The second-order valence-corrected chi connectivity index (χ2v) is 7.40. The van der Waals surface area contributed by atoms with E-state index in [0.29, 0.717) is 18.7 Å². The zero-order chi connectivity index (χ0) is 19.2. The zero-order valence-corrected chi connectivity index (χ0v) is 16.3. The van der Waals surface area contributed by atoms with E-state index in [1.165, 1.54) is 0 Å². The summed E-state index contributed by atoms with van der Waals surface area (Å²) in [6.07, 6.45) is 2.87. The zero-order valence-electron chi connectivity index (χ0n) is 15.5. The Morgan fingerprint density at radius 3 is 2.52 bits per heavy atom. The molecule has 0 aromatic heterocycles. The lowest BCUT2D eigenvalue weighted by Crippen LogP contribution is -2.25. The average molecular weight is 385 g/mol. The van der Waals surface area contributed by atoms with E-state index in [9.17, 15) is 9.59 Å².